The van der Waals surface area contributed by atoms with Crippen LogP contribution in [0, 0.1) is 0 Å². The molecule has 0 bridgehead atoms. The molecule has 16 nitrogen and oxygen atoms in total. The highest BCUT2D eigenvalue weighted by atomic mass is 32.2. The number of aromatic hydroxyl groups is 1. The number of aliphatic hydroxyl groups is 2. The molecule has 7 rings (SSSR count). The topological polar surface area (TPSA) is 213 Å². The number of phenols is 1. The lowest BCUT2D eigenvalue weighted by Crippen LogP contribution is -2.49. The number of phenolic OH excluding ortho intramolecular Hbond substituents is 1. The summed E-state index contributed by atoms with van der Waals surface area (Å²) in [6, 6.07) is 1.39. The van der Waals surface area contributed by atoms with Gasteiger partial charge in [-0.15, -0.1) is 0 Å². The van der Waals surface area contributed by atoms with Crippen molar-refractivity contribution < 1.29 is 61.6 Å². The van der Waals surface area contributed by atoms with Gasteiger partial charge < -0.3 is 48.6 Å². The van der Waals surface area contributed by atoms with Crippen molar-refractivity contribution in [1.29, 1.82) is 0 Å². The minimum absolute atomic E-state index is 0.0336. The van der Waals surface area contributed by atoms with Gasteiger partial charge in [-0.3, -0.25) is 9.59 Å². The molecule has 5 aliphatic rings. The molecule has 0 saturated carbocycles. The molecule has 0 aliphatic carbocycles. The lowest BCUT2D eigenvalue weighted by atomic mass is 9.84. The molecule has 1 fully saturated rings. The van der Waals surface area contributed by atoms with Gasteiger partial charge >= 0.3 is 16.3 Å². The van der Waals surface area contributed by atoms with E-state index in [9.17, 15) is 43.2 Å². The van der Waals surface area contributed by atoms with Crippen LogP contribution >= 0.6 is 0 Å². The number of allylic oxidation sites excluding steroid dienone is 8. The van der Waals surface area contributed by atoms with Crippen LogP contribution in [0.1, 0.15) is 163 Å². The number of carbonyl (C=O) groups is 3. The van der Waals surface area contributed by atoms with Crippen LogP contribution in [0.2, 0.25) is 0 Å². The first-order valence-electron chi connectivity index (χ1n) is 25.5. The predicted molar refractivity (Wildman–Crippen MR) is 273 cm³/mol. The van der Waals surface area contributed by atoms with Crippen molar-refractivity contribution in [1.82, 2.24) is 14.1 Å². The summed E-state index contributed by atoms with van der Waals surface area (Å²) in [4.78, 5) is 44.3. The number of carboxylic acids is 1. The number of benzene rings is 2. The second kappa shape index (κ2) is 22.5. The summed E-state index contributed by atoms with van der Waals surface area (Å²) < 4.78 is 52.9. The van der Waals surface area contributed by atoms with E-state index in [1.54, 1.807) is 11.8 Å². The Hall–Kier alpha value is -5.20. The molecule has 2 amide bonds. The molecule has 17 heteroatoms. The normalized spacial score (nSPS) is 23.6. The Labute approximate surface area is 425 Å². The molecule has 1 saturated heterocycles. The molecule has 2 aromatic rings. The molecule has 0 unspecified atom stereocenters. The van der Waals surface area contributed by atoms with Gasteiger partial charge in [0.25, 0.3) is 11.8 Å². The third kappa shape index (κ3) is 12.1. The summed E-state index contributed by atoms with van der Waals surface area (Å²) in [5, 5.41) is 44.8. The molecule has 0 aromatic heterocycles. The number of hydrogen-bond donors (Lipinski definition) is 4. The van der Waals surface area contributed by atoms with Crippen LogP contribution in [-0.2, 0) is 45.8 Å². The second-order valence-electron chi connectivity index (χ2n) is 21.2. The van der Waals surface area contributed by atoms with Crippen LogP contribution in [0.4, 0.5) is 0 Å². The first-order chi connectivity index (χ1) is 34.0. The number of carbonyl (C=O) groups excluding carboxylic acids is 2. The zero-order valence-electron chi connectivity index (χ0n) is 43.3. The molecular weight excluding hydrogens is 943 g/mol. The number of amides is 2. The molecule has 394 valence electrons. The van der Waals surface area contributed by atoms with Crippen molar-refractivity contribution in [3.05, 3.63) is 92.1 Å². The smallest absolute Gasteiger partial charge is 0.385 e. The Balaban J connectivity index is 1.07. The number of fused-ring (bicyclic) bond motifs is 6. The zero-order valence-corrected chi connectivity index (χ0v) is 44.2. The number of hydrogen-bond acceptors (Lipinski definition) is 12. The molecule has 5 atom stereocenters. The summed E-state index contributed by atoms with van der Waals surface area (Å²) >= 11 is 0. The first kappa shape index (κ1) is 54.6. The van der Waals surface area contributed by atoms with E-state index in [0.717, 1.165) is 30.0 Å². The maximum absolute atomic E-state index is 14.5. The van der Waals surface area contributed by atoms with Gasteiger partial charge in [-0.2, -0.15) is 12.7 Å². The van der Waals surface area contributed by atoms with Crippen LogP contribution in [0.25, 0.3) is 0 Å². The van der Waals surface area contributed by atoms with Crippen molar-refractivity contribution >= 4 is 28.1 Å². The lowest BCUT2D eigenvalue weighted by Gasteiger charge is -2.41. The van der Waals surface area contributed by atoms with Crippen molar-refractivity contribution in [2.45, 2.75) is 175 Å². The van der Waals surface area contributed by atoms with Crippen molar-refractivity contribution in [2.75, 3.05) is 32.8 Å². The van der Waals surface area contributed by atoms with Gasteiger partial charge in [0.2, 0.25) is 0 Å². The van der Waals surface area contributed by atoms with Gasteiger partial charge in [0.15, 0.2) is 5.75 Å². The van der Waals surface area contributed by atoms with Gasteiger partial charge in [0.05, 0.1) is 49.6 Å². The molecule has 0 spiro atoms. The van der Waals surface area contributed by atoms with Crippen LogP contribution in [0.3, 0.4) is 0 Å². The minimum Gasteiger partial charge on any atom is -0.508 e. The zero-order chi connectivity index (χ0) is 52.3. The maximum Gasteiger partial charge on any atom is 0.385 e. The Morgan fingerprint density at radius 3 is 1.85 bits per heavy atom. The van der Waals surface area contributed by atoms with Gasteiger partial charge in [-0.25, -0.2) is 4.79 Å². The van der Waals surface area contributed by atoms with Gasteiger partial charge in [-0.05, 0) is 132 Å². The number of rotatable bonds is 21. The number of ether oxygens (including phenoxy) is 3. The first-order valence-corrected chi connectivity index (χ1v) is 26.9. The van der Waals surface area contributed by atoms with E-state index in [4.69, 9.17) is 18.4 Å². The van der Waals surface area contributed by atoms with Gasteiger partial charge in [0.1, 0.15) is 34.5 Å². The fraction of sp³-hybridized carbons (Fsp3) is 0.582. The Morgan fingerprint density at radius 2 is 1.29 bits per heavy atom. The summed E-state index contributed by atoms with van der Waals surface area (Å²) in [5.41, 5.74) is 4.82. The average molecular weight is 1020 g/mol. The number of aliphatic hydroxyl groups excluding tert-OH is 2. The van der Waals surface area contributed by atoms with Crippen LogP contribution in [0.5, 0.6) is 23.0 Å². The molecule has 4 N–H and O–H groups in total. The fourth-order valence-corrected chi connectivity index (χ4v) is 11.5. The quantitative estimate of drug-likeness (QED) is 0.0869. The Bertz CT molecular complexity index is 2640. The maximum atomic E-state index is 14.5. The molecule has 0 radical (unpaired) electrons. The highest BCUT2D eigenvalue weighted by Crippen LogP contribution is 2.49. The summed E-state index contributed by atoms with van der Waals surface area (Å²) in [5.74, 6) is -2.00. The predicted octanol–water partition coefficient (Wildman–Crippen LogP) is 8.25. The van der Waals surface area contributed by atoms with E-state index in [1.165, 1.54) is 39.3 Å². The van der Waals surface area contributed by atoms with E-state index < -0.39 is 51.6 Å². The van der Waals surface area contributed by atoms with Crippen molar-refractivity contribution in [3.8, 4) is 23.0 Å². The van der Waals surface area contributed by atoms with Crippen molar-refractivity contribution in [3.63, 3.8) is 0 Å². The number of carboxylic acid groups (broad SMARTS) is 1. The lowest BCUT2D eigenvalue weighted by molar-refractivity contribution is -0.142. The fourth-order valence-electron chi connectivity index (χ4n) is 10.4. The Kier molecular flexibility index (Phi) is 17.1. The third-order valence-electron chi connectivity index (χ3n) is 15.0. The molecular formula is C55H75N3O13S. The monoisotopic (exact) mass is 1020 g/mol. The number of morpholine rings is 1. The van der Waals surface area contributed by atoms with E-state index in [-0.39, 0.29) is 111 Å². The van der Waals surface area contributed by atoms with Crippen LogP contribution in [-0.4, -0.2) is 123 Å². The number of aliphatic carboxylic acids is 1. The van der Waals surface area contributed by atoms with E-state index in [2.05, 4.69) is 65.8 Å². The molecule has 5 aliphatic heterocycles. The van der Waals surface area contributed by atoms with Crippen molar-refractivity contribution in [2.24, 2.45) is 0 Å². The molecule has 5 heterocycles. The van der Waals surface area contributed by atoms with E-state index >= 15 is 0 Å². The summed E-state index contributed by atoms with van der Waals surface area (Å²) in [7, 11) is -4.39. The minimum atomic E-state index is -4.39. The highest BCUT2D eigenvalue weighted by molar-refractivity contribution is 7.84. The standard InChI is InChI=1S/C55H75N3O13S/c1-34(2)14-9-16-36(5)18-11-21-54(7)47(60)30-40-45(59)28-38-42(49(40)69-54)32-56(51(38)62)23-13-20-44(53(64)65)58-33-43-39(52(58)63)29-46(71-72(66,67)57-24-26-68-27-25-57)41-31-48(61)55(8,70-50(41)43)22-12-19-37(6)17-10-15-35(3)4/h14-15,18-19,28-29,44,47-48,59-61H,9-13,16-17,20-27,30-33H2,1-8H3,(H,64,65)/b36-18+,37-19+/t44-,47-,48-,54+,55+/m0/s1. The average Bonchev–Trinajstić information content (AvgIpc) is 3.80. The van der Waals surface area contributed by atoms with Crippen LogP contribution in [0.15, 0.2) is 58.7 Å². The van der Waals surface area contributed by atoms with E-state index in [1.807, 2.05) is 6.92 Å². The van der Waals surface area contributed by atoms with Gasteiger partial charge in [-0.1, -0.05) is 46.6 Å². The molecule has 72 heavy (non-hydrogen) atoms. The largest absolute Gasteiger partial charge is 0.508 e. The molecule has 2 aromatic carbocycles. The van der Waals surface area contributed by atoms with E-state index in [0.29, 0.717) is 48.1 Å². The second-order valence-corrected chi connectivity index (χ2v) is 22.8. The summed E-state index contributed by atoms with van der Waals surface area (Å²) in [6.45, 7) is 16.7. The third-order valence-corrected chi connectivity index (χ3v) is 16.4. The van der Waals surface area contributed by atoms with Gasteiger partial charge in [0, 0.05) is 54.7 Å². The Morgan fingerprint density at radius 1 is 0.764 bits per heavy atom. The summed E-state index contributed by atoms with van der Waals surface area (Å²) in [6.07, 6.45) is 12.8. The highest BCUT2D eigenvalue weighted by Gasteiger charge is 2.48. The van der Waals surface area contributed by atoms with Crippen LogP contribution < -0.4 is 13.7 Å². The number of nitrogens with zero attached hydrogens (tertiary/aromatic N) is 3. The SMILES string of the molecule is CC(C)=CCC/C(C)=C/CC[C@@]1(C)Oc2c(c(O)cc3c2CN(CCC[C@@H](C(=O)O)N2Cc4c(cc(OS(=O)(=O)N5CCOCC5)c5c4O[C@](C)(CC/C=C(\C)CCC=C(C)C)[C@@H](O)C5)C2=O)C3=O)C[C@@H]1O.